The molecule has 0 atom stereocenters. The third kappa shape index (κ3) is 6.36. The third-order valence-corrected chi connectivity index (χ3v) is 5.75. The van der Waals surface area contributed by atoms with Crippen LogP contribution in [0.25, 0.3) is 10.8 Å². The lowest BCUT2D eigenvalue weighted by Gasteiger charge is -2.15. The summed E-state index contributed by atoms with van der Waals surface area (Å²) in [6, 6.07) is 24.4. The first-order valence-corrected chi connectivity index (χ1v) is 11.8. The van der Waals surface area contributed by atoms with E-state index < -0.39 is 4.92 Å². The highest BCUT2D eigenvalue weighted by Crippen LogP contribution is 2.37. The Kier molecular flexibility index (Phi) is 7.95. The van der Waals surface area contributed by atoms with Gasteiger partial charge in [0.15, 0.2) is 11.5 Å². The number of benzene rings is 4. The van der Waals surface area contributed by atoms with Crippen LogP contribution in [0.5, 0.6) is 11.5 Å². The molecule has 0 N–H and O–H groups in total. The molecule has 0 saturated heterocycles. The molecular weight excluding hydrogens is 512 g/mol. The number of fused-ring (bicyclic) bond motifs is 1. The van der Waals surface area contributed by atoms with E-state index in [1.54, 1.807) is 18.3 Å². The summed E-state index contributed by atoms with van der Waals surface area (Å²) in [7, 11) is 0. The summed E-state index contributed by atoms with van der Waals surface area (Å²) in [5.41, 5.74) is 2.47. The molecule has 0 unspecified atom stereocenters. The molecule has 0 heterocycles. The fourth-order valence-electron chi connectivity index (χ4n) is 3.52. The van der Waals surface area contributed by atoms with Crippen LogP contribution in [0.2, 0.25) is 0 Å². The van der Waals surface area contributed by atoms with Crippen molar-refractivity contribution >= 4 is 38.6 Å². The lowest BCUT2D eigenvalue weighted by atomic mass is 10.1. The van der Waals surface area contributed by atoms with Gasteiger partial charge >= 0.3 is 0 Å². The van der Waals surface area contributed by atoms with Gasteiger partial charge in [-0.3, -0.25) is 10.1 Å². The SMILES string of the molecule is CCOc1cc(/C=N\OCc2cccc([N+](=O)[O-])c2)cc(Br)c1OCc1ccc2ccccc2c1. The zero-order chi connectivity index (χ0) is 24.6. The van der Waals surface area contributed by atoms with E-state index >= 15 is 0 Å². The molecule has 0 aliphatic carbocycles. The van der Waals surface area contributed by atoms with E-state index in [9.17, 15) is 10.1 Å². The van der Waals surface area contributed by atoms with Crippen LogP contribution in [0, 0.1) is 10.1 Å². The van der Waals surface area contributed by atoms with Crippen molar-refractivity contribution in [3.05, 3.63) is 110 Å². The molecule has 178 valence electrons. The maximum Gasteiger partial charge on any atom is 0.269 e. The summed E-state index contributed by atoms with van der Waals surface area (Å²) in [4.78, 5) is 15.8. The van der Waals surface area contributed by atoms with Gasteiger partial charge in [-0.05, 0) is 63.0 Å². The molecule has 4 aromatic carbocycles. The Bertz CT molecular complexity index is 1370. The van der Waals surface area contributed by atoms with E-state index in [1.165, 1.54) is 17.5 Å². The van der Waals surface area contributed by atoms with Crippen molar-refractivity contribution in [1.29, 1.82) is 0 Å². The van der Waals surface area contributed by atoms with E-state index in [4.69, 9.17) is 14.3 Å². The fraction of sp³-hybridized carbons (Fsp3) is 0.148. The first-order chi connectivity index (χ1) is 17.0. The number of nitrogens with zero attached hydrogens (tertiary/aromatic N) is 2. The first kappa shape index (κ1) is 24.2. The highest BCUT2D eigenvalue weighted by atomic mass is 79.9. The molecule has 8 heteroatoms. The minimum absolute atomic E-state index is 0.0136. The van der Waals surface area contributed by atoms with Crippen LogP contribution in [0.15, 0.2) is 88.5 Å². The van der Waals surface area contributed by atoms with Crippen LogP contribution in [-0.2, 0) is 18.1 Å². The normalized spacial score (nSPS) is 11.0. The summed E-state index contributed by atoms with van der Waals surface area (Å²) >= 11 is 3.58. The lowest BCUT2D eigenvalue weighted by Crippen LogP contribution is -2.01. The average molecular weight is 535 g/mol. The van der Waals surface area contributed by atoms with Gasteiger partial charge in [0.05, 0.1) is 22.2 Å². The molecule has 4 rings (SSSR count). The van der Waals surface area contributed by atoms with Crippen molar-refractivity contribution in [2.24, 2.45) is 5.16 Å². The molecule has 0 aliphatic rings. The maximum atomic E-state index is 10.9. The summed E-state index contributed by atoms with van der Waals surface area (Å²) in [5.74, 6) is 1.19. The van der Waals surface area contributed by atoms with Gasteiger partial charge in [-0.1, -0.05) is 53.7 Å². The second-order valence-electron chi connectivity index (χ2n) is 7.67. The van der Waals surface area contributed by atoms with Gasteiger partial charge in [0, 0.05) is 17.7 Å². The molecule has 0 radical (unpaired) electrons. The van der Waals surface area contributed by atoms with Crippen LogP contribution in [0.1, 0.15) is 23.6 Å². The first-order valence-electron chi connectivity index (χ1n) is 11.0. The Morgan fingerprint density at radius 3 is 2.51 bits per heavy atom. The maximum absolute atomic E-state index is 10.9. The van der Waals surface area contributed by atoms with E-state index in [-0.39, 0.29) is 12.3 Å². The molecule has 4 aromatic rings. The van der Waals surface area contributed by atoms with Crippen LogP contribution in [-0.4, -0.2) is 17.7 Å². The van der Waals surface area contributed by atoms with E-state index in [0.29, 0.717) is 30.3 Å². The molecular formula is C27H23BrN2O5. The summed E-state index contributed by atoms with van der Waals surface area (Å²) < 4.78 is 12.7. The Morgan fingerprint density at radius 1 is 0.914 bits per heavy atom. The molecule has 0 aliphatic heterocycles. The predicted octanol–water partition coefficient (Wildman–Crippen LogP) is 7.04. The van der Waals surface area contributed by atoms with Crippen LogP contribution in [0.4, 0.5) is 5.69 Å². The number of halogens is 1. The van der Waals surface area contributed by atoms with Crippen LogP contribution < -0.4 is 9.47 Å². The van der Waals surface area contributed by atoms with Crippen molar-refractivity contribution in [2.75, 3.05) is 6.61 Å². The lowest BCUT2D eigenvalue weighted by molar-refractivity contribution is -0.384. The second kappa shape index (κ2) is 11.5. The summed E-state index contributed by atoms with van der Waals surface area (Å²) in [5, 5.41) is 17.2. The molecule has 0 spiro atoms. The van der Waals surface area contributed by atoms with Gasteiger partial charge in [-0.25, -0.2) is 0 Å². The van der Waals surface area contributed by atoms with Crippen molar-refractivity contribution < 1.29 is 19.2 Å². The van der Waals surface area contributed by atoms with Gasteiger partial charge < -0.3 is 14.3 Å². The predicted molar refractivity (Wildman–Crippen MR) is 139 cm³/mol. The number of nitro groups is 1. The van der Waals surface area contributed by atoms with Crippen LogP contribution in [0.3, 0.4) is 0 Å². The molecule has 7 nitrogen and oxygen atoms in total. The van der Waals surface area contributed by atoms with Gasteiger partial charge in [-0.15, -0.1) is 0 Å². The largest absolute Gasteiger partial charge is 0.490 e. The standard InChI is InChI=1S/C27H23BrN2O5/c1-2-33-26-15-21(16-29-35-18-19-6-5-9-24(13-19)30(31)32)14-25(28)27(26)34-17-20-10-11-22-7-3-4-8-23(22)12-20/h3-16H,2,17-18H2,1H3/b29-16-. The number of rotatable bonds is 10. The number of hydrogen-bond donors (Lipinski definition) is 0. The van der Waals surface area contributed by atoms with E-state index in [0.717, 1.165) is 21.0 Å². The second-order valence-corrected chi connectivity index (χ2v) is 8.52. The van der Waals surface area contributed by atoms with Crippen molar-refractivity contribution in [3.8, 4) is 11.5 Å². The number of ether oxygens (including phenoxy) is 2. The molecule has 35 heavy (non-hydrogen) atoms. The number of non-ortho nitro benzene ring substituents is 1. The fourth-order valence-corrected chi connectivity index (χ4v) is 4.09. The third-order valence-electron chi connectivity index (χ3n) is 5.16. The number of nitro benzene ring substituents is 1. The molecule has 0 aromatic heterocycles. The zero-order valence-electron chi connectivity index (χ0n) is 19.0. The van der Waals surface area contributed by atoms with Gasteiger partial charge in [0.25, 0.3) is 5.69 Å². The highest BCUT2D eigenvalue weighted by molar-refractivity contribution is 9.10. The smallest absolute Gasteiger partial charge is 0.269 e. The zero-order valence-corrected chi connectivity index (χ0v) is 20.6. The van der Waals surface area contributed by atoms with Crippen molar-refractivity contribution in [1.82, 2.24) is 0 Å². The highest BCUT2D eigenvalue weighted by Gasteiger charge is 2.13. The Balaban J connectivity index is 1.44. The Hall–Kier alpha value is -3.91. The van der Waals surface area contributed by atoms with E-state index in [1.807, 2.05) is 31.2 Å². The molecule has 0 saturated carbocycles. The Labute approximate surface area is 211 Å². The quantitative estimate of drug-likeness (QED) is 0.124. The number of hydrogen-bond acceptors (Lipinski definition) is 6. The summed E-state index contributed by atoms with van der Waals surface area (Å²) in [6.45, 7) is 2.89. The molecule has 0 fully saturated rings. The van der Waals surface area contributed by atoms with E-state index in [2.05, 4.69) is 51.4 Å². The Morgan fingerprint density at radius 2 is 1.71 bits per heavy atom. The van der Waals surface area contributed by atoms with Gasteiger partial charge in [-0.2, -0.15) is 0 Å². The minimum atomic E-state index is -0.441. The summed E-state index contributed by atoms with van der Waals surface area (Å²) in [6.07, 6.45) is 1.55. The van der Waals surface area contributed by atoms with Crippen molar-refractivity contribution in [2.45, 2.75) is 20.1 Å². The van der Waals surface area contributed by atoms with Crippen LogP contribution >= 0.6 is 15.9 Å². The average Bonchev–Trinajstić information content (AvgIpc) is 2.86. The van der Waals surface area contributed by atoms with Crippen molar-refractivity contribution in [3.63, 3.8) is 0 Å². The van der Waals surface area contributed by atoms with Gasteiger partial charge in [0.1, 0.15) is 13.2 Å². The topological polar surface area (TPSA) is 83.2 Å². The van der Waals surface area contributed by atoms with Gasteiger partial charge in [0.2, 0.25) is 0 Å². The minimum Gasteiger partial charge on any atom is -0.490 e. The monoisotopic (exact) mass is 534 g/mol. The molecule has 0 bridgehead atoms. The molecule has 0 amide bonds. The number of oxime groups is 1.